The van der Waals surface area contributed by atoms with E-state index in [1.165, 1.54) is 19.3 Å². The summed E-state index contributed by atoms with van der Waals surface area (Å²) < 4.78 is 17.1. The van der Waals surface area contributed by atoms with Crippen molar-refractivity contribution in [2.75, 3.05) is 19.0 Å². The van der Waals surface area contributed by atoms with Crippen molar-refractivity contribution < 1.29 is 23.5 Å². The molecule has 1 amide bonds. The van der Waals surface area contributed by atoms with Crippen molar-refractivity contribution in [1.29, 1.82) is 0 Å². The first-order valence-electron chi connectivity index (χ1n) is 10.6. The van der Waals surface area contributed by atoms with Gasteiger partial charge in [0.1, 0.15) is 28.5 Å². The molecule has 0 aliphatic heterocycles. The maximum atomic E-state index is 11.8. The van der Waals surface area contributed by atoms with Gasteiger partial charge in [0, 0.05) is 37.1 Å². The Morgan fingerprint density at radius 2 is 1.94 bits per heavy atom. The highest BCUT2D eigenvalue weighted by atomic mass is 35.5. The summed E-state index contributed by atoms with van der Waals surface area (Å²) in [5.74, 6) is 0.851. The van der Waals surface area contributed by atoms with Crippen LogP contribution in [0.1, 0.15) is 17.4 Å². The molecule has 0 aliphatic carbocycles. The summed E-state index contributed by atoms with van der Waals surface area (Å²) in [6.45, 7) is 1.63. The number of pyridine rings is 1. The number of hydrogen-bond donors (Lipinski definition) is 2. The monoisotopic (exact) mass is 492 g/mol. The fourth-order valence-corrected chi connectivity index (χ4v) is 3.26. The van der Waals surface area contributed by atoms with Crippen LogP contribution in [0.4, 0.5) is 11.7 Å². The number of benzene rings is 2. The lowest BCUT2D eigenvalue weighted by Gasteiger charge is -2.09. The molecule has 0 saturated heterocycles. The van der Waals surface area contributed by atoms with E-state index in [2.05, 4.69) is 20.6 Å². The van der Waals surface area contributed by atoms with Gasteiger partial charge in [-0.2, -0.15) is 4.98 Å². The van der Waals surface area contributed by atoms with Gasteiger partial charge in [0.2, 0.25) is 0 Å². The molecule has 0 unspecified atom stereocenters. The molecule has 35 heavy (non-hydrogen) atoms. The molecule has 0 aliphatic rings. The van der Waals surface area contributed by atoms with E-state index >= 15 is 0 Å². The van der Waals surface area contributed by atoms with Crippen LogP contribution in [0.15, 0.2) is 71.3 Å². The number of hydrogen-bond acceptors (Lipinski definition) is 8. The van der Waals surface area contributed by atoms with E-state index in [1.54, 1.807) is 61.5 Å². The highest BCUT2D eigenvalue weighted by Gasteiger charge is 2.12. The molecular weight excluding hydrogens is 472 g/mol. The molecular formula is C25H21ClN4O5. The molecule has 0 radical (unpaired) electrons. The van der Waals surface area contributed by atoms with Crippen molar-refractivity contribution in [2.24, 2.45) is 0 Å². The van der Waals surface area contributed by atoms with E-state index in [4.69, 9.17) is 25.5 Å². The van der Waals surface area contributed by atoms with Gasteiger partial charge in [-0.1, -0.05) is 17.7 Å². The normalized spacial score (nSPS) is 10.9. The lowest BCUT2D eigenvalue weighted by molar-refractivity contribution is -0.116. The van der Waals surface area contributed by atoms with E-state index in [0.29, 0.717) is 39.1 Å². The third-order valence-corrected chi connectivity index (χ3v) is 5.00. The van der Waals surface area contributed by atoms with E-state index in [0.717, 1.165) is 0 Å². The molecule has 2 aromatic carbocycles. The molecule has 0 saturated carbocycles. The molecule has 9 nitrogen and oxygen atoms in total. The van der Waals surface area contributed by atoms with Gasteiger partial charge in [0.25, 0.3) is 11.9 Å². The topological polar surface area (TPSA) is 116 Å². The number of carbonyl (C=O) groups is 2. The average molecular weight is 493 g/mol. The summed E-state index contributed by atoms with van der Waals surface area (Å²) in [6.07, 6.45) is 4.58. The predicted molar refractivity (Wildman–Crippen MR) is 132 cm³/mol. The van der Waals surface area contributed by atoms with Gasteiger partial charge < -0.3 is 24.5 Å². The number of fused-ring (bicyclic) bond motifs is 1. The van der Waals surface area contributed by atoms with Crippen LogP contribution in [0.5, 0.6) is 17.2 Å². The highest BCUT2D eigenvalue weighted by Crippen LogP contribution is 2.31. The lowest BCUT2D eigenvalue weighted by atomic mass is 10.3. The summed E-state index contributed by atoms with van der Waals surface area (Å²) in [4.78, 5) is 31.9. The molecule has 0 atom stereocenters. The number of anilines is 2. The Bertz CT molecular complexity index is 1420. The van der Waals surface area contributed by atoms with Crippen molar-refractivity contribution in [3.8, 4) is 17.2 Å². The van der Waals surface area contributed by atoms with Gasteiger partial charge in [-0.25, -0.2) is 0 Å². The summed E-state index contributed by atoms with van der Waals surface area (Å²) in [6, 6.07) is 13.7. The Hall–Kier alpha value is -4.37. The SMILES string of the molecule is C/C=C/C(=O)COc1cc(Nc2nc3cc(Oc4ccnc(C(=O)NC)c4)ccc3o2)ccc1Cl. The molecule has 4 aromatic rings. The van der Waals surface area contributed by atoms with E-state index in [9.17, 15) is 9.59 Å². The van der Waals surface area contributed by atoms with Crippen molar-refractivity contribution in [1.82, 2.24) is 15.3 Å². The number of ether oxygens (including phenoxy) is 2. The number of carbonyl (C=O) groups excluding carboxylic acids is 2. The predicted octanol–water partition coefficient (Wildman–Crippen LogP) is 5.30. The zero-order valence-electron chi connectivity index (χ0n) is 18.9. The van der Waals surface area contributed by atoms with Crippen LogP contribution in [-0.2, 0) is 4.79 Å². The van der Waals surface area contributed by atoms with Crippen molar-refractivity contribution in [2.45, 2.75) is 6.92 Å². The van der Waals surface area contributed by atoms with Crippen LogP contribution in [0.3, 0.4) is 0 Å². The number of oxazole rings is 1. The second kappa shape index (κ2) is 10.7. The zero-order chi connectivity index (χ0) is 24.8. The Morgan fingerprint density at radius 1 is 1.11 bits per heavy atom. The van der Waals surface area contributed by atoms with Gasteiger partial charge in [-0.05, 0) is 43.3 Å². The summed E-state index contributed by atoms with van der Waals surface area (Å²) in [5, 5.41) is 5.96. The first-order chi connectivity index (χ1) is 16.9. The number of rotatable bonds is 9. The molecule has 2 aromatic heterocycles. The average Bonchev–Trinajstić information content (AvgIpc) is 3.25. The molecule has 0 spiro atoms. The molecule has 2 N–H and O–H groups in total. The Morgan fingerprint density at radius 3 is 2.74 bits per heavy atom. The number of aromatic nitrogens is 2. The minimum absolute atomic E-state index is 0.124. The first kappa shape index (κ1) is 23.8. The number of amides is 1. The number of nitrogens with one attached hydrogen (secondary N) is 2. The van der Waals surface area contributed by atoms with Gasteiger partial charge in [0.15, 0.2) is 18.0 Å². The molecule has 0 fully saturated rings. The number of nitrogens with zero attached hydrogens (tertiary/aromatic N) is 2. The van der Waals surface area contributed by atoms with Crippen LogP contribution in [0.25, 0.3) is 11.1 Å². The standard InChI is InChI=1S/C25H21ClN4O5/c1-3-4-16(31)14-33-23-11-15(5-7-19(23)26)29-25-30-20-12-17(6-8-22(20)35-25)34-18-9-10-28-21(13-18)24(32)27-2/h3-13H,14H2,1-2H3,(H,27,32)(H,29,30)/b4-3+. The van der Waals surface area contributed by atoms with Crippen LogP contribution in [0, 0.1) is 0 Å². The zero-order valence-corrected chi connectivity index (χ0v) is 19.6. The third-order valence-electron chi connectivity index (χ3n) is 4.69. The maximum absolute atomic E-state index is 11.8. The van der Waals surface area contributed by atoms with Crippen molar-refractivity contribution in [3.63, 3.8) is 0 Å². The second-order valence-electron chi connectivity index (χ2n) is 7.23. The first-order valence-corrected chi connectivity index (χ1v) is 10.9. The van der Waals surface area contributed by atoms with Gasteiger partial charge in [-0.15, -0.1) is 0 Å². The summed E-state index contributed by atoms with van der Waals surface area (Å²) in [5.41, 5.74) is 1.97. The molecule has 178 valence electrons. The Labute approximate surface area is 205 Å². The van der Waals surface area contributed by atoms with Crippen LogP contribution >= 0.6 is 11.6 Å². The van der Waals surface area contributed by atoms with Crippen LogP contribution in [0.2, 0.25) is 5.02 Å². The van der Waals surface area contributed by atoms with Gasteiger partial charge in [0.05, 0.1) is 5.02 Å². The van der Waals surface area contributed by atoms with E-state index in [1.807, 2.05) is 0 Å². The molecule has 0 bridgehead atoms. The van der Waals surface area contributed by atoms with Crippen molar-refractivity contribution in [3.05, 3.63) is 77.6 Å². The fourth-order valence-electron chi connectivity index (χ4n) is 3.09. The maximum Gasteiger partial charge on any atom is 0.300 e. The Balaban J connectivity index is 1.49. The number of allylic oxidation sites excluding steroid dienone is 1. The third kappa shape index (κ3) is 5.96. The molecule has 2 heterocycles. The highest BCUT2D eigenvalue weighted by molar-refractivity contribution is 6.32. The van der Waals surface area contributed by atoms with Gasteiger partial charge in [-0.3, -0.25) is 14.6 Å². The second-order valence-corrected chi connectivity index (χ2v) is 7.64. The fraction of sp³-hybridized carbons (Fsp3) is 0.120. The van der Waals surface area contributed by atoms with Crippen molar-refractivity contribution >= 4 is 46.1 Å². The quantitative estimate of drug-likeness (QED) is 0.302. The minimum atomic E-state index is -0.307. The van der Waals surface area contributed by atoms with Crippen LogP contribution in [-0.4, -0.2) is 35.3 Å². The summed E-state index contributed by atoms with van der Waals surface area (Å²) in [7, 11) is 1.53. The number of halogens is 1. The van der Waals surface area contributed by atoms with Crippen LogP contribution < -0.4 is 20.1 Å². The largest absolute Gasteiger partial charge is 0.484 e. The van der Waals surface area contributed by atoms with E-state index < -0.39 is 0 Å². The smallest absolute Gasteiger partial charge is 0.300 e. The minimum Gasteiger partial charge on any atom is -0.484 e. The van der Waals surface area contributed by atoms with E-state index in [-0.39, 0.29) is 30.0 Å². The number of ketones is 1. The summed E-state index contributed by atoms with van der Waals surface area (Å²) >= 11 is 6.18. The molecule has 4 rings (SSSR count). The molecule has 10 heteroatoms. The Kier molecular flexibility index (Phi) is 7.27. The lowest BCUT2D eigenvalue weighted by Crippen LogP contribution is -2.18. The van der Waals surface area contributed by atoms with Gasteiger partial charge >= 0.3 is 0 Å².